The van der Waals surface area contributed by atoms with Crippen molar-refractivity contribution in [2.75, 3.05) is 6.61 Å². The minimum atomic E-state index is -0.681. The number of ether oxygens (including phenoxy) is 1. The van der Waals surface area contributed by atoms with Crippen LogP contribution in [0.25, 0.3) is 0 Å². The standard InChI is InChI=1S/C35H47N5O4/c1-21(41)44-16-15-40-38-29(37-39-40)35-13-11-30(2,3)19-23(35)27-24(42)17-26-32(6)18-22(20-36)28(43)31(4,5)25(32)9-10-33(26,7)34(27,8)12-14-35/h17-18,23,25,27H,9-16,19H2,1-8H3/t23-,25-,27-,32-,33+,34+,35-/m0/s1. The van der Waals surface area contributed by atoms with E-state index in [4.69, 9.17) is 9.84 Å². The molecule has 6 rings (SSSR count). The highest BCUT2D eigenvalue weighted by Crippen LogP contribution is 2.74. The lowest BCUT2D eigenvalue weighted by atomic mass is 9.34. The van der Waals surface area contributed by atoms with Crippen LogP contribution in [0.15, 0.2) is 23.3 Å². The first kappa shape index (κ1) is 30.9. The Labute approximate surface area is 260 Å². The molecule has 1 heterocycles. The molecule has 3 saturated carbocycles. The maximum Gasteiger partial charge on any atom is 0.302 e. The van der Waals surface area contributed by atoms with Crippen LogP contribution in [0.4, 0.5) is 0 Å². The second-order valence-electron chi connectivity index (χ2n) is 16.5. The fraction of sp³-hybridized carbons (Fsp3) is 0.743. The van der Waals surface area contributed by atoms with Gasteiger partial charge in [0.25, 0.3) is 0 Å². The van der Waals surface area contributed by atoms with Crippen LogP contribution in [-0.2, 0) is 31.1 Å². The lowest BCUT2D eigenvalue weighted by Gasteiger charge is -2.69. The van der Waals surface area contributed by atoms with E-state index in [-0.39, 0.29) is 69.1 Å². The number of carbonyl (C=O) groups is 3. The zero-order valence-corrected chi connectivity index (χ0v) is 27.6. The normalized spacial score (nSPS) is 40.3. The van der Waals surface area contributed by atoms with E-state index in [1.165, 1.54) is 11.7 Å². The van der Waals surface area contributed by atoms with Crippen LogP contribution in [-0.4, -0.2) is 44.3 Å². The van der Waals surface area contributed by atoms with Crippen molar-refractivity contribution in [2.45, 2.75) is 112 Å². The lowest BCUT2D eigenvalue weighted by Crippen LogP contribution is -2.65. The number of nitrogens with zero attached hydrogens (tertiary/aromatic N) is 5. The molecule has 7 atom stereocenters. The van der Waals surface area contributed by atoms with E-state index in [2.05, 4.69) is 51.0 Å². The summed E-state index contributed by atoms with van der Waals surface area (Å²) in [5, 5.41) is 23.8. The third kappa shape index (κ3) is 4.08. The van der Waals surface area contributed by atoms with E-state index < -0.39 is 10.8 Å². The van der Waals surface area contributed by atoms with E-state index >= 15 is 0 Å². The summed E-state index contributed by atoms with van der Waals surface area (Å²) in [6.45, 7) is 17.3. The van der Waals surface area contributed by atoms with E-state index in [0.717, 1.165) is 50.5 Å². The monoisotopic (exact) mass is 601 g/mol. The van der Waals surface area contributed by atoms with E-state index in [1.54, 1.807) is 0 Å². The van der Waals surface area contributed by atoms with Crippen LogP contribution in [0.3, 0.4) is 0 Å². The van der Waals surface area contributed by atoms with Crippen molar-refractivity contribution in [1.82, 2.24) is 20.2 Å². The van der Waals surface area contributed by atoms with Crippen molar-refractivity contribution in [2.24, 2.45) is 44.8 Å². The molecule has 1 aromatic heterocycles. The van der Waals surface area contributed by atoms with Crippen LogP contribution in [0, 0.1) is 56.2 Å². The highest BCUT2D eigenvalue weighted by molar-refractivity contribution is 6.04. The van der Waals surface area contributed by atoms with Gasteiger partial charge in [0.1, 0.15) is 12.7 Å². The third-order valence-electron chi connectivity index (χ3n) is 13.4. The molecule has 0 saturated heterocycles. The van der Waals surface area contributed by atoms with Crippen LogP contribution in [0.1, 0.15) is 106 Å². The van der Waals surface area contributed by atoms with Crippen molar-refractivity contribution in [3.8, 4) is 6.07 Å². The number of rotatable bonds is 4. The number of fused-ring (bicyclic) bond motifs is 7. The number of hydrogen-bond acceptors (Lipinski definition) is 8. The molecule has 9 nitrogen and oxygen atoms in total. The molecule has 0 unspecified atom stereocenters. The number of ketones is 2. The van der Waals surface area contributed by atoms with E-state index in [0.29, 0.717) is 12.4 Å². The first-order valence-electron chi connectivity index (χ1n) is 16.3. The fourth-order valence-corrected chi connectivity index (χ4v) is 10.8. The summed E-state index contributed by atoms with van der Waals surface area (Å²) in [6, 6.07) is 2.20. The molecule has 0 N–H and O–H groups in total. The maximum absolute atomic E-state index is 14.7. The molecule has 0 bridgehead atoms. The Morgan fingerprint density at radius 3 is 2.45 bits per heavy atom. The van der Waals surface area contributed by atoms with Gasteiger partial charge in [0, 0.05) is 29.1 Å². The first-order chi connectivity index (χ1) is 20.4. The molecule has 0 aliphatic heterocycles. The van der Waals surface area contributed by atoms with Gasteiger partial charge in [0.2, 0.25) is 0 Å². The SMILES string of the molecule is CC(=O)OCCn1nnc([C@]23CCC(C)(C)C[C@H]2[C@H]2C(=O)C=C4[C@@]5(C)C=C(C#N)C(=O)C(C)(C)[C@@H]5CC[C@@]4(C)[C@]2(C)CC3)n1. The van der Waals surface area contributed by atoms with Gasteiger partial charge < -0.3 is 4.74 Å². The zero-order valence-electron chi connectivity index (χ0n) is 27.6. The fourth-order valence-electron chi connectivity index (χ4n) is 10.8. The van der Waals surface area contributed by atoms with Gasteiger partial charge in [0.15, 0.2) is 17.4 Å². The molecule has 5 aliphatic carbocycles. The predicted molar refractivity (Wildman–Crippen MR) is 163 cm³/mol. The van der Waals surface area contributed by atoms with E-state index in [1.807, 2.05) is 26.0 Å². The number of nitriles is 1. The van der Waals surface area contributed by atoms with Crippen molar-refractivity contribution < 1.29 is 19.1 Å². The molecular formula is C35H47N5O4. The molecule has 9 heteroatoms. The number of Topliss-reactive ketones (excluding diaryl/α,β-unsaturated/α-hetero) is 1. The quantitative estimate of drug-likeness (QED) is 0.402. The van der Waals surface area contributed by atoms with Crippen molar-refractivity contribution in [3.05, 3.63) is 29.1 Å². The van der Waals surface area contributed by atoms with Crippen molar-refractivity contribution in [1.29, 1.82) is 5.26 Å². The second-order valence-corrected chi connectivity index (χ2v) is 16.5. The lowest BCUT2D eigenvalue weighted by molar-refractivity contribution is -0.160. The molecule has 0 radical (unpaired) electrons. The van der Waals surface area contributed by atoms with Gasteiger partial charge in [0.05, 0.1) is 12.1 Å². The average molecular weight is 602 g/mol. The van der Waals surface area contributed by atoms with Gasteiger partial charge in [-0.1, -0.05) is 60.1 Å². The number of hydrogen-bond donors (Lipinski definition) is 0. The van der Waals surface area contributed by atoms with Gasteiger partial charge in [-0.2, -0.15) is 10.1 Å². The highest BCUT2D eigenvalue weighted by Gasteiger charge is 2.70. The van der Waals surface area contributed by atoms with Crippen LogP contribution in [0.5, 0.6) is 0 Å². The van der Waals surface area contributed by atoms with Gasteiger partial charge in [-0.3, -0.25) is 14.4 Å². The number of aromatic nitrogens is 4. The predicted octanol–water partition coefficient (Wildman–Crippen LogP) is 5.71. The maximum atomic E-state index is 14.7. The molecule has 0 spiro atoms. The Kier molecular flexibility index (Phi) is 6.78. The van der Waals surface area contributed by atoms with Gasteiger partial charge in [-0.25, -0.2) is 0 Å². The molecule has 0 aromatic carbocycles. The third-order valence-corrected chi connectivity index (χ3v) is 13.4. The zero-order chi connectivity index (χ0) is 32.1. The largest absolute Gasteiger partial charge is 0.464 e. The summed E-state index contributed by atoms with van der Waals surface area (Å²) in [5.74, 6) is 0.326. The molecule has 5 aliphatic rings. The minimum absolute atomic E-state index is 0.0226. The summed E-state index contributed by atoms with van der Waals surface area (Å²) in [5.41, 5.74) is -0.760. The average Bonchev–Trinajstić information content (AvgIpc) is 3.41. The van der Waals surface area contributed by atoms with Gasteiger partial charge in [-0.15, -0.1) is 10.2 Å². The summed E-state index contributed by atoms with van der Waals surface area (Å²) < 4.78 is 5.11. The number of carbonyl (C=O) groups excluding carboxylic acids is 3. The van der Waals surface area contributed by atoms with E-state index in [9.17, 15) is 19.6 Å². The van der Waals surface area contributed by atoms with Crippen LogP contribution >= 0.6 is 0 Å². The molecule has 44 heavy (non-hydrogen) atoms. The number of esters is 1. The number of tetrazole rings is 1. The van der Waals surface area contributed by atoms with Gasteiger partial charge >= 0.3 is 5.97 Å². The van der Waals surface area contributed by atoms with Crippen molar-refractivity contribution >= 4 is 17.5 Å². The Morgan fingerprint density at radius 2 is 1.77 bits per heavy atom. The highest BCUT2D eigenvalue weighted by atomic mass is 16.5. The van der Waals surface area contributed by atoms with Crippen LogP contribution < -0.4 is 0 Å². The Hall–Kier alpha value is -3.15. The Bertz CT molecular complexity index is 1550. The molecular weight excluding hydrogens is 554 g/mol. The molecule has 1 aromatic rings. The first-order valence-corrected chi connectivity index (χ1v) is 16.3. The number of allylic oxidation sites excluding steroid dienone is 4. The smallest absolute Gasteiger partial charge is 0.302 e. The second kappa shape index (κ2) is 9.67. The van der Waals surface area contributed by atoms with Crippen LogP contribution in [0.2, 0.25) is 0 Å². The minimum Gasteiger partial charge on any atom is -0.464 e. The summed E-state index contributed by atoms with van der Waals surface area (Å²) in [4.78, 5) is 40.9. The topological polar surface area (TPSA) is 128 Å². The summed E-state index contributed by atoms with van der Waals surface area (Å²) in [6.07, 6.45) is 10.2. The van der Waals surface area contributed by atoms with Gasteiger partial charge in [-0.05, 0) is 84.3 Å². The molecule has 3 fully saturated rings. The van der Waals surface area contributed by atoms with Crippen molar-refractivity contribution in [3.63, 3.8) is 0 Å². The summed E-state index contributed by atoms with van der Waals surface area (Å²) >= 11 is 0. The molecule has 0 amide bonds. The Balaban J connectivity index is 1.45. The molecule has 236 valence electrons. The Morgan fingerprint density at radius 1 is 1.07 bits per heavy atom. The summed E-state index contributed by atoms with van der Waals surface area (Å²) in [7, 11) is 0.